The standard InChI is InChI=1S/C12H17NO/c14-12(10-6-2-1-3-7-10)11-8-4-5-9-13-11/h1-3,6-7,11-14H,4-5,8-9H2/t11?,12-/m0/s1. The van der Waals surface area contributed by atoms with E-state index in [9.17, 15) is 5.11 Å². The Kier molecular flexibility index (Phi) is 3.17. The van der Waals surface area contributed by atoms with Crippen LogP contribution in [0.4, 0.5) is 0 Å². The summed E-state index contributed by atoms with van der Waals surface area (Å²) in [7, 11) is 0. The maximum absolute atomic E-state index is 10.1. The molecule has 0 bridgehead atoms. The van der Waals surface area contributed by atoms with Crippen molar-refractivity contribution in [3.05, 3.63) is 35.9 Å². The van der Waals surface area contributed by atoms with Gasteiger partial charge in [0.1, 0.15) is 0 Å². The highest BCUT2D eigenvalue weighted by Crippen LogP contribution is 2.22. The highest BCUT2D eigenvalue weighted by molar-refractivity contribution is 5.18. The predicted molar refractivity (Wildman–Crippen MR) is 57.0 cm³/mol. The molecule has 1 heterocycles. The fourth-order valence-electron chi connectivity index (χ4n) is 2.03. The highest BCUT2D eigenvalue weighted by Gasteiger charge is 2.21. The van der Waals surface area contributed by atoms with Crippen molar-refractivity contribution in [1.29, 1.82) is 0 Å². The lowest BCUT2D eigenvalue weighted by Gasteiger charge is -2.28. The Morgan fingerprint density at radius 2 is 2.00 bits per heavy atom. The van der Waals surface area contributed by atoms with Crippen LogP contribution in [0.15, 0.2) is 30.3 Å². The van der Waals surface area contributed by atoms with Crippen molar-refractivity contribution in [3.63, 3.8) is 0 Å². The first-order valence-electron chi connectivity index (χ1n) is 5.34. The van der Waals surface area contributed by atoms with Gasteiger partial charge in [0.2, 0.25) is 0 Å². The summed E-state index contributed by atoms with van der Waals surface area (Å²) in [4.78, 5) is 0. The van der Waals surface area contributed by atoms with E-state index in [0.717, 1.165) is 18.5 Å². The Bertz CT molecular complexity index is 267. The van der Waals surface area contributed by atoms with E-state index in [1.54, 1.807) is 0 Å². The van der Waals surface area contributed by atoms with E-state index in [-0.39, 0.29) is 12.1 Å². The zero-order valence-corrected chi connectivity index (χ0v) is 8.32. The molecule has 1 aromatic rings. The molecule has 0 aromatic heterocycles. The average Bonchev–Trinajstić information content (AvgIpc) is 2.30. The van der Waals surface area contributed by atoms with Crippen molar-refractivity contribution >= 4 is 0 Å². The molecular weight excluding hydrogens is 174 g/mol. The smallest absolute Gasteiger partial charge is 0.0942 e. The van der Waals surface area contributed by atoms with E-state index >= 15 is 0 Å². The second-order valence-corrected chi connectivity index (χ2v) is 3.91. The van der Waals surface area contributed by atoms with Gasteiger partial charge < -0.3 is 10.4 Å². The fourth-order valence-corrected chi connectivity index (χ4v) is 2.03. The Morgan fingerprint density at radius 3 is 2.64 bits per heavy atom. The van der Waals surface area contributed by atoms with Gasteiger partial charge in [-0.25, -0.2) is 0 Å². The normalized spacial score (nSPS) is 24.5. The van der Waals surface area contributed by atoms with Crippen LogP contribution in [0, 0.1) is 0 Å². The molecule has 0 aliphatic carbocycles. The zero-order chi connectivity index (χ0) is 9.80. The number of hydrogen-bond donors (Lipinski definition) is 2. The largest absolute Gasteiger partial charge is 0.387 e. The molecule has 2 heteroatoms. The minimum absolute atomic E-state index is 0.242. The number of hydrogen-bond acceptors (Lipinski definition) is 2. The van der Waals surface area contributed by atoms with Crippen LogP contribution in [-0.2, 0) is 0 Å². The zero-order valence-electron chi connectivity index (χ0n) is 8.32. The average molecular weight is 191 g/mol. The summed E-state index contributed by atoms with van der Waals surface area (Å²) in [6, 6.07) is 10.1. The molecule has 2 N–H and O–H groups in total. The van der Waals surface area contributed by atoms with Gasteiger partial charge in [-0.05, 0) is 24.9 Å². The highest BCUT2D eigenvalue weighted by atomic mass is 16.3. The van der Waals surface area contributed by atoms with E-state index in [0.29, 0.717) is 0 Å². The van der Waals surface area contributed by atoms with Crippen LogP contribution in [-0.4, -0.2) is 17.7 Å². The summed E-state index contributed by atoms with van der Waals surface area (Å²) in [5.41, 5.74) is 1.02. The third-order valence-corrected chi connectivity index (χ3v) is 2.87. The second-order valence-electron chi connectivity index (χ2n) is 3.91. The van der Waals surface area contributed by atoms with Crippen LogP contribution in [0.25, 0.3) is 0 Å². The molecule has 76 valence electrons. The SMILES string of the molecule is O[C@@H](c1ccccc1)C1CCCCN1. The molecule has 0 radical (unpaired) electrons. The van der Waals surface area contributed by atoms with E-state index in [2.05, 4.69) is 5.32 Å². The minimum Gasteiger partial charge on any atom is -0.387 e. The van der Waals surface area contributed by atoms with Gasteiger partial charge in [0.05, 0.1) is 6.10 Å². The van der Waals surface area contributed by atoms with Gasteiger partial charge in [0.15, 0.2) is 0 Å². The fraction of sp³-hybridized carbons (Fsp3) is 0.500. The molecule has 1 fully saturated rings. The van der Waals surface area contributed by atoms with Crippen LogP contribution in [0.3, 0.4) is 0 Å². The maximum atomic E-state index is 10.1. The van der Waals surface area contributed by atoms with Crippen molar-refractivity contribution in [3.8, 4) is 0 Å². The Labute approximate surface area is 85.0 Å². The summed E-state index contributed by atoms with van der Waals surface area (Å²) in [6.45, 7) is 1.04. The molecule has 1 unspecified atom stereocenters. The first-order chi connectivity index (χ1) is 6.88. The monoisotopic (exact) mass is 191 g/mol. The van der Waals surface area contributed by atoms with Crippen molar-refractivity contribution < 1.29 is 5.11 Å². The van der Waals surface area contributed by atoms with E-state index < -0.39 is 0 Å². The van der Waals surface area contributed by atoms with Crippen molar-refractivity contribution in [2.45, 2.75) is 31.4 Å². The maximum Gasteiger partial charge on any atom is 0.0942 e. The van der Waals surface area contributed by atoms with Crippen molar-refractivity contribution in [1.82, 2.24) is 5.32 Å². The predicted octanol–water partition coefficient (Wildman–Crippen LogP) is 1.86. The van der Waals surface area contributed by atoms with E-state index in [4.69, 9.17) is 0 Å². The second kappa shape index (κ2) is 4.58. The molecule has 2 rings (SSSR count). The first-order valence-corrected chi connectivity index (χ1v) is 5.34. The summed E-state index contributed by atoms with van der Waals surface area (Å²) < 4.78 is 0. The van der Waals surface area contributed by atoms with E-state index in [1.165, 1.54) is 12.8 Å². The topological polar surface area (TPSA) is 32.3 Å². The number of rotatable bonds is 2. The molecule has 1 aliphatic heterocycles. The Morgan fingerprint density at radius 1 is 1.21 bits per heavy atom. The molecule has 0 saturated carbocycles. The van der Waals surface area contributed by atoms with Gasteiger partial charge in [-0.1, -0.05) is 36.8 Å². The van der Waals surface area contributed by atoms with Crippen LogP contribution in [0.5, 0.6) is 0 Å². The summed E-state index contributed by atoms with van der Waals surface area (Å²) in [5, 5.41) is 13.5. The molecule has 1 aliphatic rings. The van der Waals surface area contributed by atoms with Gasteiger partial charge in [-0.3, -0.25) is 0 Å². The van der Waals surface area contributed by atoms with E-state index in [1.807, 2.05) is 30.3 Å². The molecule has 0 spiro atoms. The lowest BCUT2D eigenvalue weighted by atomic mass is 9.95. The number of nitrogens with one attached hydrogen (secondary N) is 1. The molecule has 1 saturated heterocycles. The minimum atomic E-state index is -0.350. The van der Waals surface area contributed by atoms with Gasteiger partial charge >= 0.3 is 0 Å². The van der Waals surface area contributed by atoms with Gasteiger partial charge in [-0.15, -0.1) is 0 Å². The lowest BCUT2D eigenvalue weighted by molar-refractivity contribution is 0.114. The van der Waals surface area contributed by atoms with Gasteiger partial charge in [0, 0.05) is 6.04 Å². The summed E-state index contributed by atoms with van der Waals surface area (Å²) in [6.07, 6.45) is 3.19. The quantitative estimate of drug-likeness (QED) is 0.748. The Hall–Kier alpha value is -0.860. The van der Waals surface area contributed by atoms with Gasteiger partial charge in [0.25, 0.3) is 0 Å². The molecule has 14 heavy (non-hydrogen) atoms. The summed E-state index contributed by atoms with van der Waals surface area (Å²) >= 11 is 0. The molecule has 2 nitrogen and oxygen atoms in total. The third kappa shape index (κ3) is 2.14. The first kappa shape index (κ1) is 9.69. The number of piperidine rings is 1. The lowest BCUT2D eigenvalue weighted by Crippen LogP contribution is -2.38. The van der Waals surface area contributed by atoms with Crippen LogP contribution >= 0.6 is 0 Å². The third-order valence-electron chi connectivity index (χ3n) is 2.87. The Balaban J connectivity index is 2.03. The van der Waals surface area contributed by atoms with Gasteiger partial charge in [-0.2, -0.15) is 0 Å². The number of aliphatic hydroxyl groups is 1. The molecule has 1 aromatic carbocycles. The van der Waals surface area contributed by atoms with Crippen LogP contribution < -0.4 is 5.32 Å². The van der Waals surface area contributed by atoms with Crippen LogP contribution in [0.1, 0.15) is 30.9 Å². The summed E-state index contributed by atoms with van der Waals surface area (Å²) in [5.74, 6) is 0. The van der Waals surface area contributed by atoms with Crippen molar-refractivity contribution in [2.24, 2.45) is 0 Å². The van der Waals surface area contributed by atoms with Crippen molar-refractivity contribution in [2.75, 3.05) is 6.54 Å². The molecule has 2 atom stereocenters. The molecule has 0 amide bonds. The number of benzene rings is 1. The number of aliphatic hydroxyl groups excluding tert-OH is 1. The van der Waals surface area contributed by atoms with Crippen LogP contribution in [0.2, 0.25) is 0 Å². The molecular formula is C12H17NO.